The van der Waals surface area contributed by atoms with Crippen molar-refractivity contribution >= 4 is 28.5 Å². The molecule has 4 aliphatic rings. The van der Waals surface area contributed by atoms with Crippen LogP contribution in [0, 0.1) is 0 Å². The summed E-state index contributed by atoms with van der Waals surface area (Å²) in [6, 6.07) is 9.88. The Labute approximate surface area is 225 Å². The van der Waals surface area contributed by atoms with E-state index in [0.717, 1.165) is 23.9 Å². The number of para-hydroxylation sites is 2. The lowest BCUT2D eigenvalue weighted by atomic mass is 9.89. The number of benzene rings is 1. The summed E-state index contributed by atoms with van der Waals surface area (Å²) in [5, 5.41) is 0. The molecule has 1 aliphatic carbocycles. The first-order valence-electron chi connectivity index (χ1n) is 14.8. The number of carbonyl (C=O) groups is 2. The number of rotatable bonds is 5. The van der Waals surface area contributed by atoms with E-state index in [0.29, 0.717) is 37.0 Å². The van der Waals surface area contributed by atoms with Gasteiger partial charge in [-0.15, -0.1) is 0 Å². The van der Waals surface area contributed by atoms with Gasteiger partial charge in [-0.05, 0) is 57.6 Å². The number of nitrogens with zero attached hydrogens (tertiary/aromatic N) is 5. The molecule has 204 valence electrons. The Morgan fingerprint density at radius 1 is 0.868 bits per heavy atom. The van der Waals surface area contributed by atoms with E-state index in [4.69, 9.17) is 4.98 Å². The zero-order valence-electron chi connectivity index (χ0n) is 22.7. The van der Waals surface area contributed by atoms with E-state index >= 15 is 0 Å². The third kappa shape index (κ3) is 4.88. The summed E-state index contributed by atoms with van der Waals surface area (Å²) in [4.78, 5) is 49.5. The molecule has 8 heteroatoms. The molecule has 4 fully saturated rings. The number of aromatic nitrogens is 2. The van der Waals surface area contributed by atoms with Gasteiger partial charge >= 0.3 is 0 Å². The number of carbonyl (C=O) groups excluding carboxylic acids is 2. The van der Waals surface area contributed by atoms with Crippen molar-refractivity contribution in [2.75, 3.05) is 31.1 Å². The van der Waals surface area contributed by atoms with Crippen molar-refractivity contribution in [3.63, 3.8) is 0 Å². The Morgan fingerprint density at radius 2 is 1.55 bits per heavy atom. The molecule has 0 spiro atoms. The van der Waals surface area contributed by atoms with Crippen LogP contribution in [0.5, 0.6) is 0 Å². The van der Waals surface area contributed by atoms with E-state index in [2.05, 4.69) is 4.90 Å². The van der Waals surface area contributed by atoms with Crippen LogP contribution in [0.2, 0.25) is 0 Å². The van der Waals surface area contributed by atoms with Crippen molar-refractivity contribution in [1.82, 2.24) is 19.4 Å². The van der Waals surface area contributed by atoms with Crippen molar-refractivity contribution in [2.45, 2.75) is 102 Å². The molecule has 1 unspecified atom stereocenters. The predicted molar refractivity (Wildman–Crippen MR) is 149 cm³/mol. The lowest BCUT2D eigenvalue weighted by Gasteiger charge is -2.45. The summed E-state index contributed by atoms with van der Waals surface area (Å²) in [5.74, 6) is 0.214. The summed E-state index contributed by atoms with van der Waals surface area (Å²) >= 11 is 0. The van der Waals surface area contributed by atoms with Crippen LogP contribution in [0.1, 0.15) is 83.6 Å². The highest BCUT2D eigenvalue weighted by Gasteiger charge is 2.44. The number of Topliss-reactive ketones (excluding diaryl/α,β-unsaturated/α-hetero) is 1. The SMILES string of the molecule is CC(=O)CN1CCN(c2nc3ccccc3n(C3C[C@H]4CC[C@@H](C3)N4C3CCCCCCC3)c2=O)CC1=O. The lowest BCUT2D eigenvalue weighted by Crippen LogP contribution is -2.53. The Balaban J connectivity index is 1.29. The number of amides is 1. The molecule has 1 aromatic carbocycles. The van der Waals surface area contributed by atoms with Gasteiger partial charge in [0.25, 0.3) is 5.56 Å². The van der Waals surface area contributed by atoms with Crippen LogP contribution in [-0.2, 0) is 9.59 Å². The van der Waals surface area contributed by atoms with E-state index in [-0.39, 0.29) is 36.4 Å². The van der Waals surface area contributed by atoms with Gasteiger partial charge < -0.3 is 14.4 Å². The molecule has 1 saturated carbocycles. The highest BCUT2D eigenvalue weighted by atomic mass is 16.2. The van der Waals surface area contributed by atoms with Gasteiger partial charge in [0, 0.05) is 37.3 Å². The van der Waals surface area contributed by atoms with Gasteiger partial charge in [-0.1, -0.05) is 44.2 Å². The second-order valence-corrected chi connectivity index (χ2v) is 12.0. The van der Waals surface area contributed by atoms with E-state index < -0.39 is 0 Å². The quantitative estimate of drug-likeness (QED) is 0.596. The second kappa shape index (κ2) is 10.8. The smallest absolute Gasteiger partial charge is 0.294 e. The molecule has 1 amide bonds. The van der Waals surface area contributed by atoms with Gasteiger partial charge in [-0.25, -0.2) is 4.98 Å². The van der Waals surface area contributed by atoms with Crippen molar-refractivity contribution < 1.29 is 9.59 Å². The molecular weight excluding hydrogens is 478 g/mol. The molecule has 3 aliphatic heterocycles. The maximum atomic E-state index is 14.1. The molecule has 3 atom stereocenters. The summed E-state index contributed by atoms with van der Waals surface area (Å²) in [6.45, 7) is 2.64. The third-order valence-electron chi connectivity index (χ3n) is 9.44. The van der Waals surface area contributed by atoms with E-state index in [1.165, 1.54) is 64.7 Å². The lowest BCUT2D eigenvalue weighted by molar-refractivity contribution is -0.134. The van der Waals surface area contributed by atoms with Gasteiger partial charge in [0.15, 0.2) is 5.82 Å². The molecule has 38 heavy (non-hydrogen) atoms. The molecule has 6 rings (SSSR count). The maximum Gasteiger partial charge on any atom is 0.294 e. The molecule has 3 saturated heterocycles. The molecule has 2 aromatic rings. The number of anilines is 1. The fraction of sp³-hybridized carbons (Fsp3) is 0.667. The Hall–Kier alpha value is -2.74. The standard InChI is InChI=1S/C30H41N5O3/c1-21(36)19-32-15-16-33(20-28(32)37)29-30(38)35(27-12-8-7-11-26(27)31-29)25-17-23-13-14-24(18-25)34(23)22-9-5-3-2-4-6-10-22/h7-8,11-12,22-25H,2-6,9-10,13-20H2,1H3/t23-,24+,25?. The fourth-order valence-corrected chi connectivity index (χ4v) is 7.76. The molecule has 0 radical (unpaired) electrons. The fourth-order valence-electron chi connectivity index (χ4n) is 7.76. The van der Waals surface area contributed by atoms with Crippen molar-refractivity contribution in [2.24, 2.45) is 0 Å². The largest absolute Gasteiger partial charge is 0.341 e. The number of hydrogen-bond acceptors (Lipinski definition) is 6. The van der Waals surface area contributed by atoms with Crippen molar-refractivity contribution in [3.8, 4) is 0 Å². The molecule has 2 bridgehead atoms. The third-order valence-corrected chi connectivity index (χ3v) is 9.44. The monoisotopic (exact) mass is 519 g/mol. The number of piperazine rings is 1. The van der Waals surface area contributed by atoms with Crippen LogP contribution in [0.4, 0.5) is 5.82 Å². The van der Waals surface area contributed by atoms with Gasteiger partial charge in [0.2, 0.25) is 5.91 Å². The van der Waals surface area contributed by atoms with Crippen LogP contribution >= 0.6 is 0 Å². The van der Waals surface area contributed by atoms with Crippen molar-refractivity contribution in [1.29, 1.82) is 0 Å². The van der Waals surface area contributed by atoms with E-state index in [1.807, 2.05) is 33.7 Å². The van der Waals surface area contributed by atoms with Gasteiger partial charge in [-0.2, -0.15) is 0 Å². The van der Waals surface area contributed by atoms with Gasteiger partial charge in [-0.3, -0.25) is 19.3 Å². The molecule has 8 nitrogen and oxygen atoms in total. The minimum Gasteiger partial charge on any atom is -0.341 e. The molecule has 1 aromatic heterocycles. The Kier molecular flexibility index (Phi) is 7.25. The highest BCUT2D eigenvalue weighted by Crippen LogP contribution is 2.44. The van der Waals surface area contributed by atoms with Gasteiger partial charge in [0.1, 0.15) is 5.78 Å². The number of hydrogen-bond donors (Lipinski definition) is 0. The maximum absolute atomic E-state index is 14.1. The average molecular weight is 520 g/mol. The minimum atomic E-state index is -0.127. The number of fused-ring (bicyclic) bond motifs is 3. The first kappa shape index (κ1) is 25.5. The molecule has 4 heterocycles. The van der Waals surface area contributed by atoms with Crippen LogP contribution in [0.3, 0.4) is 0 Å². The van der Waals surface area contributed by atoms with Gasteiger partial charge in [0.05, 0.1) is 24.1 Å². The zero-order chi connectivity index (χ0) is 26.2. The number of piperidine rings is 1. The van der Waals surface area contributed by atoms with E-state index in [1.54, 1.807) is 4.90 Å². The summed E-state index contributed by atoms with van der Waals surface area (Å²) in [7, 11) is 0. The summed E-state index contributed by atoms with van der Waals surface area (Å²) < 4.78 is 2.02. The number of ketones is 1. The summed E-state index contributed by atoms with van der Waals surface area (Å²) in [6.07, 6.45) is 13.9. The van der Waals surface area contributed by atoms with Crippen LogP contribution in [0.25, 0.3) is 11.0 Å². The average Bonchev–Trinajstić information content (AvgIpc) is 3.13. The van der Waals surface area contributed by atoms with Crippen LogP contribution in [0.15, 0.2) is 29.1 Å². The molecule has 0 N–H and O–H groups in total. The highest BCUT2D eigenvalue weighted by molar-refractivity contribution is 5.88. The predicted octanol–water partition coefficient (Wildman–Crippen LogP) is 3.91. The van der Waals surface area contributed by atoms with Crippen LogP contribution < -0.4 is 10.5 Å². The Bertz CT molecular complexity index is 1240. The summed E-state index contributed by atoms with van der Waals surface area (Å²) in [5.41, 5.74) is 1.61. The zero-order valence-corrected chi connectivity index (χ0v) is 22.7. The first-order valence-corrected chi connectivity index (χ1v) is 14.8. The minimum absolute atomic E-state index is 0.0293. The normalized spacial score (nSPS) is 27.5. The molecular formula is C30H41N5O3. The first-order chi connectivity index (χ1) is 18.5. The second-order valence-electron chi connectivity index (χ2n) is 12.0. The van der Waals surface area contributed by atoms with Crippen molar-refractivity contribution in [3.05, 3.63) is 34.6 Å². The Morgan fingerprint density at radius 3 is 2.24 bits per heavy atom. The van der Waals surface area contributed by atoms with E-state index in [9.17, 15) is 14.4 Å². The van der Waals surface area contributed by atoms with Crippen LogP contribution in [-0.4, -0.2) is 75.3 Å². The topological polar surface area (TPSA) is 78.8 Å².